The van der Waals surface area contributed by atoms with Crippen LogP contribution in [-0.2, 0) is 6.42 Å². The molecule has 0 bridgehead atoms. The van der Waals surface area contributed by atoms with Crippen LogP contribution >= 0.6 is 0 Å². The Hall–Kier alpha value is -2.01. The zero-order chi connectivity index (χ0) is 15.6. The van der Waals surface area contributed by atoms with Crippen LogP contribution in [0.25, 0.3) is 11.5 Å². The zero-order valence-corrected chi connectivity index (χ0v) is 13.1. The molecule has 0 radical (unpaired) electrons. The number of aryl methyl sites for hydroxylation is 1. The average molecular weight is 298 g/mol. The van der Waals surface area contributed by atoms with Gasteiger partial charge in [-0.2, -0.15) is 0 Å². The van der Waals surface area contributed by atoms with Gasteiger partial charge in [0.25, 0.3) is 0 Å². The van der Waals surface area contributed by atoms with E-state index < -0.39 is 0 Å². The van der Waals surface area contributed by atoms with Gasteiger partial charge in [0.1, 0.15) is 11.5 Å². The number of rotatable bonds is 6. The van der Waals surface area contributed by atoms with Crippen molar-refractivity contribution in [2.45, 2.75) is 38.6 Å². The van der Waals surface area contributed by atoms with Crippen molar-refractivity contribution in [1.29, 1.82) is 0 Å². The van der Waals surface area contributed by atoms with Crippen molar-refractivity contribution < 1.29 is 5.11 Å². The van der Waals surface area contributed by atoms with Gasteiger partial charge in [-0.05, 0) is 44.2 Å². The van der Waals surface area contributed by atoms with Gasteiger partial charge < -0.3 is 10.4 Å². The normalized spacial score (nSPS) is 17.0. The fraction of sp³-hybridized carbons (Fsp3) is 0.471. The van der Waals surface area contributed by atoms with Crippen LogP contribution in [0.2, 0.25) is 0 Å². The van der Waals surface area contributed by atoms with Crippen molar-refractivity contribution in [3.8, 4) is 11.5 Å². The Balaban J connectivity index is 1.94. The van der Waals surface area contributed by atoms with E-state index in [4.69, 9.17) is 0 Å². The fourth-order valence-corrected chi connectivity index (χ4v) is 2.64. The number of nitrogens with one attached hydrogen (secondary N) is 1. The number of hydrogen-bond donors (Lipinski definition) is 2. The molecule has 22 heavy (non-hydrogen) atoms. The summed E-state index contributed by atoms with van der Waals surface area (Å²) in [4.78, 5) is 13.5. The van der Waals surface area contributed by atoms with E-state index >= 15 is 0 Å². The van der Waals surface area contributed by atoms with E-state index in [0.29, 0.717) is 11.7 Å². The maximum Gasteiger partial charge on any atom is 0.180 e. The number of anilines is 1. The smallest absolute Gasteiger partial charge is 0.180 e. The van der Waals surface area contributed by atoms with Gasteiger partial charge in [-0.3, -0.25) is 4.98 Å². The molecule has 2 N–H and O–H groups in total. The van der Waals surface area contributed by atoms with E-state index in [-0.39, 0.29) is 12.1 Å². The second kappa shape index (κ2) is 6.01. The van der Waals surface area contributed by atoms with Crippen LogP contribution in [0, 0.1) is 5.92 Å². The topological polar surface area (TPSA) is 70.9 Å². The first-order valence-electron chi connectivity index (χ1n) is 7.83. The number of aliphatic hydroxyl groups excluding tert-OH is 1. The standard InChI is InChI=1S/C17H22N4O/c1-3-13-10-15(21-17(2,11-22)12-7-8-12)20-16(19-13)14-6-4-5-9-18-14/h4-6,9-10,12,22H,3,7-8,11H2,1-2H3,(H,19,20,21). The third-order valence-electron chi connectivity index (χ3n) is 4.26. The molecule has 0 spiro atoms. The Kier molecular flexibility index (Phi) is 4.07. The van der Waals surface area contributed by atoms with Crippen molar-refractivity contribution in [3.63, 3.8) is 0 Å². The predicted molar refractivity (Wildman–Crippen MR) is 86.5 cm³/mol. The lowest BCUT2D eigenvalue weighted by Crippen LogP contribution is -2.41. The molecule has 2 aromatic heterocycles. The molecule has 5 nitrogen and oxygen atoms in total. The van der Waals surface area contributed by atoms with Gasteiger partial charge in [0, 0.05) is 18.0 Å². The first-order valence-corrected chi connectivity index (χ1v) is 7.83. The van der Waals surface area contributed by atoms with Crippen molar-refractivity contribution in [3.05, 3.63) is 36.2 Å². The van der Waals surface area contributed by atoms with Crippen molar-refractivity contribution >= 4 is 5.82 Å². The van der Waals surface area contributed by atoms with Crippen LogP contribution in [0.4, 0.5) is 5.82 Å². The monoisotopic (exact) mass is 298 g/mol. The van der Waals surface area contributed by atoms with Crippen LogP contribution in [0.5, 0.6) is 0 Å². The minimum atomic E-state index is -0.319. The molecular weight excluding hydrogens is 276 g/mol. The first-order chi connectivity index (χ1) is 10.6. The van der Waals surface area contributed by atoms with Gasteiger partial charge in [-0.15, -0.1) is 0 Å². The van der Waals surface area contributed by atoms with Crippen molar-refractivity contribution in [2.24, 2.45) is 5.92 Å². The van der Waals surface area contributed by atoms with E-state index in [1.165, 1.54) is 0 Å². The summed E-state index contributed by atoms with van der Waals surface area (Å²) in [7, 11) is 0. The molecule has 0 aromatic carbocycles. The van der Waals surface area contributed by atoms with Gasteiger partial charge in [0.05, 0.1) is 12.1 Å². The third-order valence-corrected chi connectivity index (χ3v) is 4.26. The molecule has 0 amide bonds. The SMILES string of the molecule is CCc1cc(NC(C)(CO)C2CC2)nc(-c2ccccn2)n1. The number of aliphatic hydroxyl groups is 1. The molecule has 1 aliphatic rings. The van der Waals surface area contributed by atoms with Gasteiger partial charge in [0.2, 0.25) is 0 Å². The summed E-state index contributed by atoms with van der Waals surface area (Å²) < 4.78 is 0. The lowest BCUT2D eigenvalue weighted by molar-refractivity contribution is 0.205. The maximum absolute atomic E-state index is 9.75. The third kappa shape index (κ3) is 3.09. The largest absolute Gasteiger partial charge is 0.394 e. The van der Waals surface area contributed by atoms with E-state index in [1.54, 1.807) is 6.20 Å². The molecule has 1 fully saturated rings. The summed E-state index contributed by atoms with van der Waals surface area (Å²) in [5, 5.41) is 13.2. The Morgan fingerprint density at radius 1 is 1.32 bits per heavy atom. The van der Waals surface area contributed by atoms with Crippen LogP contribution in [0.1, 0.15) is 32.4 Å². The number of pyridine rings is 1. The highest BCUT2D eigenvalue weighted by Crippen LogP contribution is 2.41. The maximum atomic E-state index is 9.75. The highest BCUT2D eigenvalue weighted by Gasteiger charge is 2.41. The van der Waals surface area contributed by atoms with Crippen LogP contribution in [0.3, 0.4) is 0 Å². The van der Waals surface area contributed by atoms with Crippen LogP contribution in [-0.4, -0.2) is 32.2 Å². The summed E-state index contributed by atoms with van der Waals surface area (Å²) >= 11 is 0. The van der Waals surface area contributed by atoms with E-state index in [9.17, 15) is 5.11 Å². The number of hydrogen-bond acceptors (Lipinski definition) is 5. The molecule has 2 aromatic rings. The van der Waals surface area contributed by atoms with Crippen LogP contribution in [0.15, 0.2) is 30.5 Å². The lowest BCUT2D eigenvalue weighted by Gasteiger charge is -2.29. The van der Waals surface area contributed by atoms with E-state index in [0.717, 1.165) is 36.5 Å². The second-order valence-electron chi connectivity index (χ2n) is 6.11. The highest BCUT2D eigenvalue weighted by atomic mass is 16.3. The first kappa shape index (κ1) is 14.9. The molecule has 3 rings (SSSR count). The molecule has 0 saturated heterocycles. The molecule has 2 heterocycles. The Labute approximate surface area is 130 Å². The second-order valence-corrected chi connectivity index (χ2v) is 6.11. The molecule has 0 aliphatic heterocycles. The van der Waals surface area contributed by atoms with Gasteiger partial charge >= 0.3 is 0 Å². The highest BCUT2D eigenvalue weighted by molar-refractivity contribution is 5.53. The molecule has 116 valence electrons. The summed E-state index contributed by atoms with van der Waals surface area (Å²) in [5.41, 5.74) is 1.41. The van der Waals surface area contributed by atoms with Gasteiger partial charge in [0.15, 0.2) is 5.82 Å². The fourth-order valence-electron chi connectivity index (χ4n) is 2.64. The predicted octanol–water partition coefficient (Wildman–Crippen LogP) is 2.67. The van der Waals surface area contributed by atoms with Gasteiger partial charge in [-0.25, -0.2) is 9.97 Å². The summed E-state index contributed by atoms with van der Waals surface area (Å²) in [6.07, 6.45) is 4.88. The molecule has 1 aliphatic carbocycles. The Morgan fingerprint density at radius 3 is 2.73 bits per heavy atom. The molecular formula is C17H22N4O. The molecule has 1 unspecified atom stereocenters. The Morgan fingerprint density at radius 2 is 2.14 bits per heavy atom. The minimum Gasteiger partial charge on any atom is -0.394 e. The zero-order valence-electron chi connectivity index (χ0n) is 13.1. The van der Waals surface area contributed by atoms with Gasteiger partial charge in [-0.1, -0.05) is 13.0 Å². The lowest BCUT2D eigenvalue weighted by atomic mass is 9.97. The van der Waals surface area contributed by atoms with E-state index in [2.05, 4.69) is 34.1 Å². The minimum absolute atomic E-state index is 0.0993. The molecule has 1 atom stereocenters. The molecule has 1 saturated carbocycles. The number of nitrogens with zero attached hydrogens (tertiary/aromatic N) is 3. The summed E-state index contributed by atoms with van der Waals surface area (Å²) in [5.74, 6) is 1.89. The van der Waals surface area contributed by atoms with Crippen molar-refractivity contribution in [2.75, 3.05) is 11.9 Å². The quantitative estimate of drug-likeness (QED) is 0.858. The van der Waals surface area contributed by atoms with E-state index in [1.807, 2.05) is 24.3 Å². The average Bonchev–Trinajstić information content (AvgIpc) is 3.40. The Bertz CT molecular complexity index is 642. The van der Waals surface area contributed by atoms with Crippen LogP contribution < -0.4 is 5.32 Å². The summed E-state index contributed by atoms with van der Waals surface area (Å²) in [6.45, 7) is 4.22. The van der Waals surface area contributed by atoms with Crippen molar-refractivity contribution in [1.82, 2.24) is 15.0 Å². The summed E-state index contributed by atoms with van der Waals surface area (Å²) in [6, 6.07) is 7.68. The number of aromatic nitrogens is 3. The molecule has 5 heteroatoms.